The molecule has 0 atom stereocenters. The van der Waals surface area contributed by atoms with Crippen molar-refractivity contribution in [2.24, 2.45) is 0 Å². The summed E-state index contributed by atoms with van der Waals surface area (Å²) in [5, 5.41) is 4.53. The molecule has 0 fully saturated rings. The van der Waals surface area contributed by atoms with Crippen molar-refractivity contribution in [2.45, 2.75) is 26.8 Å². The first-order valence-corrected chi connectivity index (χ1v) is 9.50. The van der Waals surface area contributed by atoms with Gasteiger partial charge in [0.25, 0.3) is 5.91 Å². The van der Waals surface area contributed by atoms with Gasteiger partial charge in [0.15, 0.2) is 10.8 Å². The number of nitrogens with zero attached hydrogens (tertiary/aromatic N) is 4. The molecule has 0 aliphatic rings. The maximum Gasteiger partial charge on any atom is 0.282 e. The van der Waals surface area contributed by atoms with Gasteiger partial charge in [-0.1, -0.05) is 41.6 Å². The van der Waals surface area contributed by atoms with Gasteiger partial charge >= 0.3 is 0 Å². The maximum atomic E-state index is 13.1. The molecule has 6 nitrogen and oxygen atoms in total. The highest BCUT2D eigenvalue weighted by molar-refractivity contribution is 7.22. The van der Waals surface area contributed by atoms with Crippen LogP contribution in [0.5, 0.6) is 0 Å². The molecule has 0 bridgehead atoms. The second-order valence-corrected chi connectivity index (χ2v) is 7.20. The van der Waals surface area contributed by atoms with Crippen LogP contribution < -0.4 is 4.90 Å². The van der Waals surface area contributed by atoms with E-state index >= 15 is 0 Å². The Bertz CT molecular complexity index is 1090. The Labute approximate surface area is 160 Å². The van der Waals surface area contributed by atoms with Crippen molar-refractivity contribution < 1.29 is 9.32 Å². The van der Waals surface area contributed by atoms with Crippen LogP contribution in [-0.4, -0.2) is 21.0 Å². The van der Waals surface area contributed by atoms with Gasteiger partial charge in [-0.25, -0.2) is 4.98 Å². The fourth-order valence-electron chi connectivity index (χ4n) is 2.90. The number of carbonyl (C=O) groups is 1. The highest BCUT2D eigenvalue weighted by Gasteiger charge is 2.24. The van der Waals surface area contributed by atoms with Crippen molar-refractivity contribution in [3.63, 3.8) is 0 Å². The lowest BCUT2D eigenvalue weighted by molar-refractivity contribution is 0.0976. The molecule has 0 aliphatic heterocycles. The van der Waals surface area contributed by atoms with Gasteiger partial charge < -0.3 is 4.52 Å². The van der Waals surface area contributed by atoms with Gasteiger partial charge in [-0.2, -0.15) is 0 Å². The van der Waals surface area contributed by atoms with Crippen molar-refractivity contribution in [3.05, 3.63) is 71.4 Å². The Balaban J connectivity index is 1.78. The molecule has 4 aromatic rings. The molecular formula is C20H18N4O2S. The molecule has 0 unspecified atom stereocenters. The van der Waals surface area contributed by atoms with E-state index in [1.807, 2.05) is 24.3 Å². The van der Waals surface area contributed by atoms with Crippen LogP contribution in [0, 0.1) is 6.92 Å². The molecular weight excluding hydrogens is 360 g/mol. The standard InChI is InChI=1S/C20H18N4O2S/c1-3-15-7-4-8-17-18(15)22-20(27-17)24(12-14-6-5-9-21-11-14)19(25)16-10-13(2)26-23-16/h4-11H,3,12H2,1-2H3. The zero-order valence-electron chi connectivity index (χ0n) is 15.0. The van der Waals surface area contributed by atoms with E-state index in [1.54, 1.807) is 30.3 Å². The number of rotatable bonds is 5. The van der Waals surface area contributed by atoms with E-state index in [0.717, 1.165) is 22.2 Å². The average Bonchev–Trinajstić information content (AvgIpc) is 3.32. The third-order valence-electron chi connectivity index (χ3n) is 4.26. The average molecular weight is 378 g/mol. The molecule has 0 saturated heterocycles. The molecule has 0 aliphatic carbocycles. The Kier molecular flexibility index (Phi) is 4.68. The summed E-state index contributed by atoms with van der Waals surface area (Å²) in [5.74, 6) is 0.352. The highest BCUT2D eigenvalue weighted by atomic mass is 32.1. The van der Waals surface area contributed by atoms with Gasteiger partial charge in [0, 0.05) is 18.5 Å². The highest BCUT2D eigenvalue weighted by Crippen LogP contribution is 2.32. The SMILES string of the molecule is CCc1cccc2sc(N(Cc3cccnc3)C(=O)c3cc(C)on3)nc12. The van der Waals surface area contributed by atoms with E-state index in [9.17, 15) is 4.79 Å². The third-order valence-corrected chi connectivity index (χ3v) is 5.30. The fourth-order valence-corrected chi connectivity index (χ4v) is 3.91. The lowest BCUT2D eigenvalue weighted by atomic mass is 10.1. The number of hydrogen-bond acceptors (Lipinski definition) is 6. The number of carbonyl (C=O) groups excluding carboxylic acids is 1. The summed E-state index contributed by atoms with van der Waals surface area (Å²) in [6.45, 7) is 4.23. The van der Waals surface area contributed by atoms with Gasteiger partial charge in [0.05, 0.1) is 16.8 Å². The van der Waals surface area contributed by atoms with Crippen LogP contribution in [0.3, 0.4) is 0 Å². The minimum absolute atomic E-state index is 0.243. The van der Waals surface area contributed by atoms with Crippen LogP contribution in [0.4, 0.5) is 5.13 Å². The number of aryl methyl sites for hydroxylation is 2. The van der Waals surface area contributed by atoms with Crippen LogP contribution >= 0.6 is 11.3 Å². The molecule has 4 rings (SSSR count). The van der Waals surface area contributed by atoms with E-state index in [1.165, 1.54) is 16.9 Å². The summed E-state index contributed by atoms with van der Waals surface area (Å²) in [7, 11) is 0. The number of thiazole rings is 1. The summed E-state index contributed by atoms with van der Waals surface area (Å²) >= 11 is 1.50. The molecule has 3 aromatic heterocycles. The molecule has 0 saturated carbocycles. The van der Waals surface area contributed by atoms with E-state index in [-0.39, 0.29) is 11.6 Å². The van der Waals surface area contributed by atoms with Gasteiger partial charge in [-0.3, -0.25) is 14.7 Å². The maximum absolute atomic E-state index is 13.1. The Hall–Kier alpha value is -3.06. The van der Waals surface area contributed by atoms with E-state index in [4.69, 9.17) is 9.51 Å². The second kappa shape index (κ2) is 7.28. The predicted molar refractivity (Wildman–Crippen MR) is 105 cm³/mol. The summed E-state index contributed by atoms with van der Waals surface area (Å²) < 4.78 is 6.15. The van der Waals surface area contributed by atoms with E-state index < -0.39 is 0 Å². The fraction of sp³-hybridized carbons (Fsp3) is 0.200. The van der Waals surface area contributed by atoms with Crippen LogP contribution in [0.2, 0.25) is 0 Å². The van der Waals surface area contributed by atoms with Crippen LogP contribution in [0.25, 0.3) is 10.2 Å². The van der Waals surface area contributed by atoms with Crippen molar-refractivity contribution in [1.82, 2.24) is 15.1 Å². The Morgan fingerprint density at radius 1 is 1.26 bits per heavy atom. The lowest BCUT2D eigenvalue weighted by Gasteiger charge is -2.18. The number of benzene rings is 1. The first-order chi connectivity index (χ1) is 13.2. The largest absolute Gasteiger partial charge is 0.361 e. The first-order valence-electron chi connectivity index (χ1n) is 8.68. The number of para-hydroxylation sites is 1. The molecule has 0 spiro atoms. The molecule has 0 N–H and O–H groups in total. The second-order valence-electron chi connectivity index (χ2n) is 6.19. The van der Waals surface area contributed by atoms with Crippen molar-refractivity contribution >= 4 is 32.6 Å². The minimum atomic E-state index is -0.243. The van der Waals surface area contributed by atoms with Crippen molar-refractivity contribution in [1.29, 1.82) is 0 Å². The van der Waals surface area contributed by atoms with Gasteiger partial charge in [0.1, 0.15) is 5.76 Å². The zero-order valence-corrected chi connectivity index (χ0v) is 15.9. The molecule has 1 amide bonds. The monoisotopic (exact) mass is 378 g/mol. The summed E-state index contributed by atoms with van der Waals surface area (Å²) in [4.78, 5) is 23.7. The summed E-state index contributed by atoms with van der Waals surface area (Å²) in [6, 6.07) is 11.6. The molecule has 27 heavy (non-hydrogen) atoms. The normalized spacial score (nSPS) is 11.0. The number of fused-ring (bicyclic) bond motifs is 1. The van der Waals surface area contributed by atoms with Crippen molar-refractivity contribution in [3.8, 4) is 0 Å². The quantitative estimate of drug-likeness (QED) is 0.515. The summed E-state index contributed by atoms with van der Waals surface area (Å²) in [5.41, 5.74) is 3.30. The number of anilines is 1. The van der Waals surface area contributed by atoms with Crippen LogP contribution in [-0.2, 0) is 13.0 Å². The Morgan fingerprint density at radius 3 is 2.85 bits per heavy atom. The molecule has 7 heteroatoms. The summed E-state index contributed by atoms with van der Waals surface area (Å²) in [6.07, 6.45) is 4.35. The number of aromatic nitrogens is 3. The predicted octanol–water partition coefficient (Wildman–Crippen LogP) is 4.40. The van der Waals surface area contributed by atoms with E-state index in [2.05, 4.69) is 23.1 Å². The first kappa shape index (κ1) is 17.4. The number of amides is 1. The van der Waals surface area contributed by atoms with Gasteiger partial charge in [-0.15, -0.1) is 0 Å². The van der Waals surface area contributed by atoms with Crippen LogP contribution in [0.1, 0.15) is 34.3 Å². The van der Waals surface area contributed by atoms with E-state index in [0.29, 0.717) is 17.4 Å². The molecule has 136 valence electrons. The minimum Gasteiger partial charge on any atom is -0.361 e. The molecule has 3 heterocycles. The van der Waals surface area contributed by atoms with Crippen molar-refractivity contribution in [2.75, 3.05) is 4.90 Å². The van der Waals surface area contributed by atoms with Gasteiger partial charge in [0.2, 0.25) is 0 Å². The van der Waals surface area contributed by atoms with Gasteiger partial charge in [-0.05, 0) is 36.6 Å². The smallest absolute Gasteiger partial charge is 0.282 e. The molecule has 1 aromatic carbocycles. The third kappa shape index (κ3) is 3.46. The molecule has 0 radical (unpaired) electrons. The number of hydrogen-bond donors (Lipinski definition) is 0. The zero-order chi connectivity index (χ0) is 18.8. The topological polar surface area (TPSA) is 72.1 Å². The number of pyridine rings is 1. The van der Waals surface area contributed by atoms with Crippen LogP contribution in [0.15, 0.2) is 53.3 Å². The lowest BCUT2D eigenvalue weighted by Crippen LogP contribution is -2.30. The Morgan fingerprint density at radius 2 is 2.15 bits per heavy atom.